The summed E-state index contributed by atoms with van der Waals surface area (Å²) in [4.78, 5) is 19.0. The molecule has 0 aliphatic carbocycles. The highest BCUT2D eigenvalue weighted by atomic mass is 32.2. The number of rotatable bonds is 6. The summed E-state index contributed by atoms with van der Waals surface area (Å²) < 4.78 is 23.1. The highest BCUT2D eigenvalue weighted by Crippen LogP contribution is 2.26. The number of nitrogens with zero attached hydrogens (tertiary/aromatic N) is 2. The number of sulfone groups is 1. The van der Waals surface area contributed by atoms with Crippen molar-refractivity contribution in [3.8, 4) is 0 Å². The Morgan fingerprint density at radius 3 is 2.53 bits per heavy atom. The van der Waals surface area contributed by atoms with Crippen LogP contribution in [0.2, 0.25) is 0 Å². The third-order valence-corrected chi connectivity index (χ3v) is 6.23. The van der Waals surface area contributed by atoms with Gasteiger partial charge in [-0.2, -0.15) is 0 Å². The van der Waals surface area contributed by atoms with Crippen molar-refractivity contribution in [2.45, 2.75) is 24.2 Å². The van der Waals surface area contributed by atoms with Crippen LogP contribution in [0.5, 0.6) is 0 Å². The topological polar surface area (TPSA) is 90.9 Å². The molecule has 0 radical (unpaired) electrons. The maximum atomic E-state index is 12.7. The molecular weight excluding hydrogens is 400 g/mol. The molecule has 0 spiro atoms. The molecule has 0 bridgehead atoms. The first-order chi connectivity index (χ1) is 14.4. The van der Waals surface area contributed by atoms with Crippen molar-refractivity contribution >= 4 is 27.4 Å². The molecule has 0 saturated carbocycles. The molecule has 160 valence electrons. The van der Waals surface area contributed by atoms with E-state index in [0.717, 1.165) is 30.6 Å². The van der Waals surface area contributed by atoms with E-state index in [1.165, 1.54) is 11.8 Å². The quantitative estimate of drug-likeness (QED) is 0.541. The number of aliphatic imine (C=N–C) groups is 1. The second-order valence-electron chi connectivity index (χ2n) is 7.30. The van der Waals surface area contributed by atoms with Crippen LogP contribution in [0.15, 0.2) is 58.4 Å². The summed E-state index contributed by atoms with van der Waals surface area (Å²) in [6.07, 6.45) is 3.87. The third kappa shape index (κ3) is 5.60. The fourth-order valence-electron chi connectivity index (χ4n) is 3.50. The Balaban J connectivity index is 1.48. The van der Waals surface area contributed by atoms with E-state index in [-0.39, 0.29) is 12.5 Å². The van der Waals surface area contributed by atoms with Crippen LogP contribution in [0.3, 0.4) is 0 Å². The Morgan fingerprint density at radius 2 is 1.83 bits per heavy atom. The van der Waals surface area contributed by atoms with Crippen LogP contribution in [0.25, 0.3) is 0 Å². The number of aryl methyl sites for hydroxylation is 1. The number of guanidine groups is 1. The molecule has 1 aliphatic rings. The summed E-state index contributed by atoms with van der Waals surface area (Å²) in [5.41, 5.74) is 3.23. The summed E-state index contributed by atoms with van der Waals surface area (Å²) >= 11 is 0. The number of amides is 1. The zero-order valence-corrected chi connectivity index (χ0v) is 18.2. The fraction of sp³-hybridized carbons (Fsp3) is 0.364. The van der Waals surface area contributed by atoms with Crippen molar-refractivity contribution in [1.82, 2.24) is 10.6 Å². The van der Waals surface area contributed by atoms with Crippen LogP contribution in [-0.2, 0) is 27.5 Å². The van der Waals surface area contributed by atoms with E-state index in [1.807, 2.05) is 35.2 Å². The van der Waals surface area contributed by atoms with Crippen LogP contribution in [0, 0.1) is 0 Å². The van der Waals surface area contributed by atoms with Gasteiger partial charge in [0, 0.05) is 32.1 Å². The smallest absolute Gasteiger partial charge is 0.246 e. The molecule has 0 unspecified atom stereocenters. The largest absolute Gasteiger partial charge is 0.356 e. The first-order valence-corrected chi connectivity index (χ1v) is 11.9. The molecular formula is C22H28N4O3S. The molecule has 3 rings (SSSR count). The van der Waals surface area contributed by atoms with Crippen molar-refractivity contribution < 1.29 is 13.2 Å². The van der Waals surface area contributed by atoms with Crippen LogP contribution < -0.4 is 15.5 Å². The monoisotopic (exact) mass is 428 g/mol. The first-order valence-electron chi connectivity index (χ1n) is 10.0. The van der Waals surface area contributed by atoms with Gasteiger partial charge in [0.25, 0.3) is 0 Å². The molecule has 1 amide bonds. The molecule has 7 nitrogen and oxygen atoms in total. The Kier molecular flexibility index (Phi) is 7.10. The van der Waals surface area contributed by atoms with Gasteiger partial charge in [-0.15, -0.1) is 0 Å². The van der Waals surface area contributed by atoms with Crippen LogP contribution in [0.1, 0.15) is 17.5 Å². The molecule has 2 aromatic carbocycles. The lowest BCUT2D eigenvalue weighted by Crippen LogP contribution is -2.46. The van der Waals surface area contributed by atoms with Crippen molar-refractivity contribution in [3.63, 3.8) is 0 Å². The van der Waals surface area contributed by atoms with Crippen molar-refractivity contribution in [2.24, 2.45) is 4.99 Å². The second kappa shape index (κ2) is 9.75. The number of hydrogen-bond donors (Lipinski definition) is 2. The SMILES string of the molecule is CN=C(NCCc1ccc(S(C)(=O)=O)cc1)NCC(=O)N1CCCc2ccccc21. The predicted molar refractivity (Wildman–Crippen MR) is 120 cm³/mol. The predicted octanol–water partition coefficient (Wildman–Crippen LogP) is 1.78. The third-order valence-electron chi connectivity index (χ3n) is 5.10. The summed E-state index contributed by atoms with van der Waals surface area (Å²) in [5, 5.41) is 6.27. The normalized spacial score (nSPS) is 14.2. The number of anilines is 1. The number of nitrogens with one attached hydrogen (secondary N) is 2. The first kappa shape index (κ1) is 21.8. The lowest BCUT2D eigenvalue weighted by molar-refractivity contribution is -0.117. The highest BCUT2D eigenvalue weighted by molar-refractivity contribution is 7.90. The van der Waals surface area contributed by atoms with Gasteiger partial charge >= 0.3 is 0 Å². The molecule has 30 heavy (non-hydrogen) atoms. The number of para-hydroxylation sites is 1. The Morgan fingerprint density at radius 1 is 1.10 bits per heavy atom. The molecule has 0 saturated heterocycles. The van der Waals surface area contributed by atoms with Crippen molar-refractivity contribution in [1.29, 1.82) is 0 Å². The average Bonchev–Trinajstić information content (AvgIpc) is 2.75. The lowest BCUT2D eigenvalue weighted by Gasteiger charge is -2.29. The van der Waals surface area contributed by atoms with E-state index in [2.05, 4.69) is 21.7 Å². The van der Waals surface area contributed by atoms with Gasteiger partial charge in [-0.25, -0.2) is 8.42 Å². The van der Waals surface area contributed by atoms with Gasteiger partial charge in [-0.3, -0.25) is 9.79 Å². The van der Waals surface area contributed by atoms with Gasteiger partial charge in [0.1, 0.15) is 0 Å². The summed E-state index contributed by atoms with van der Waals surface area (Å²) in [5.74, 6) is 0.572. The van der Waals surface area contributed by atoms with E-state index in [0.29, 0.717) is 23.8 Å². The summed E-state index contributed by atoms with van der Waals surface area (Å²) in [7, 11) is -1.52. The maximum Gasteiger partial charge on any atom is 0.246 e. The zero-order chi connectivity index (χ0) is 21.6. The van der Waals surface area contributed by atoms with Crippen LogP contribution >= 0.6 is 0 Å². The molecule has 0 aromatic heterocycles. The van der Waals surface area contributed by atoms with Gasteiger partial charge in [0.05, 0.1) is 11.4 Å². The molecule has 2 N–H and O–H groups in total. The molecule has 1 aliphatic heterocycles. The molecule has 8 heteroatoms. The molecule has 1 heterocycles. The maximum absolute atomic E-state index is 12.7. The van der Waals surface area contributed by atoms with Crippen molar-refractivity contribution in [2.75, 3.05) is 37.8 Å². The number of hydrogen-bond acceptors (Lipinski definition) is 4. The number of benzene rings is 2. The van der Waals surface area contributed by atoms with Crippen LogP contribution in [0.4, 0.5) is 5.69 Å². The van der Waals surface area contributed by atoms with Gasteiger partial charge < -0.3 is 15.5 Å². The number of carbonyl (C=O) groups is 1. The fourth-order valence-corrected chi connectivity index (χ4v) is 4.13. The Bertz CT molecular complexity index is 1020. The molecule has 2 aromatic rings. The Labute approximate surface area is 178 Å². The average molecular weight is 429 g/mol. The van der Waals surface area contributed by atoms with Crippen LogP contribution in [-0.4, -0.2) is 53.2 Å². The lowest BCUT2D eigenvalue weighted by atomic mass is 10.0. The minimum Gasteiger partial charge on any atom is -0.356 e. The van der Waals surface area contributed by atoms with E-state index >= 15 is 0 Å². The van der Waals surface area contributed by atoms with Gasteiger partial charge in [0.15, 0.2) is 15.8 Å². The standard InChI is InChI=1S/C22H28N4O3S/c1-23-22(24-14-13-17-9-11-19(12-10-17)30(2,28)29)25-16-21(27)26-15-5-7-18-6-3-4-8-20(18)26/h3-4,6,8-12H,5,7,13-16H2,1-2H3,(H2,23,24,25). The molecule has 0 atom stereocenters. The van der Waals surface area contributed by atoms with E-state index in [9.17, 15) is 13.2 Å². The molecule has 0 fully saturated rings. The summed E-state index contributed by atoms with van der Waals surface area (Å²) in [6, 6.07) is 14.9. The Hall–Kier alpha value is -2.87. The van der Waals surface area contributed by atoms with Gasteiger partial charge in [0.2, 0.25) is 5.91 Å². The highest BCUT2D eigenvalue weighted by Gasteiger charge is 2.21. The zero-order valence-electron chi connectivity index (χ0n) is 17.4. The van der Waals surface area contributed by atoms with Crippen molar-refractivity contribution in [3.05, 3.63) is 59.7 Å². The van der Waals surface area contributed by atoms with E-state index in [4.69, 9.17) is 0 Å². The van der Waals surface area contributed by atoms with E-state index in [1.54, 1.807) is 19.2 Å². The second-order valence-corrected chi connectivity index (χ2v) is 9.31. The number of fused-ring (bicyclic) bond motifs is 1. The minimum absolute atomic E-state index is 0.0152. The number of carbonyl (C=O) groups excluding carboxylic acids is 1. The van der Waals surface area contributed by atoms with Gasteiger partial charge in [-0.1, -0.05) is 30.3 Å². The van der Waals surface area contributed by atoms with Gasteiger partial charge in [-0.05, 0) is 48.6 Å². The minimum atomic E-state index is -3.18. The van der Waals surface area contributed by atoms with E-state index < -0.39 is 9.84 Å². The summed E-state index contributed by atoms with van der Waals surface area (Å²) in [6.45, 7) is 1.50.